The molecule has 0 aromatic carbocycles. The van der Waals surface area contributed by atoms with Crippen LogP contribution in [0.1, 0.15) is 53.9 Å². The Bertz CT molecular complexity index is 333. The molecule has 0 saturated heterocycles. The van der Waals surface area contributed by atoms with Gasteiger partial charge in [0, 0.05) is 12.1 Å². The van der Waals surface area contributed by atoms with Crippen LogP contribution in [0.2, 0.25) is 0 Å². The lowest BCUT2D eigenvalue weighted by atomic mass is 9.99. The van der Waals surface area contributed by atoms with Crippen LogP contribution in [0.3, 0.4) is 0 Å². The van der Waals surface area contributed by atoms with E-state index in [4.69, 9.17) is 10.8 Å². The summed E-state index contributed by atoms with van der Waals surface area (Å²) in [5.41, 5.74) is 8.54. The van der Waals surface area contributed by atoms with Crippen LogP contribution in [0.15, 0.2) is 47.9 Å². The fraction of sp³-hybridized carbons (Fsp3) is 0.529. The minimum absolute atomic E-state index is 0.323. The molecule has 0 spiro atoms. The van der Waals surface area contributed by atoms with Crippen LogP contribution in [0.4, 0.5) is 0 Å². The smallest absolute Gasteiger partial charge is 0.0853 e. The van der Waals surface area contributed by atoms with Gasteiger partial charge in [0.15, 0.2) is 0 Å². The highest BCUT2D eigenvalue weighted by molar-refractivity contribution is 5.31. The second kappa shape index (κ2) is 11.6. The van der Waals surface area contributed by atoms with Crippen molar-refractivity contribution < 1.29 is 5.11 Å². The van der Waals surface area contributed by atoms with Gasteiger partial charge in [0.25, 0.3) is 0 Å². The van der Waals surface area contributed by atoms with Crippen molar-refractivity contribution in [1.82, 2.24) is 0 Å². The lowest BCUT2D eigenvalue weighted by Gasteiger charge is -2.09. The third-order valence-electron chi connectivity index (χ3n) is 3.07. The average Bonchev–Trinajstić information content (AvgIpc) is 2.35. The van der Waals surface area contributed by atoms with Gasteiger partial charge in [-0.25, -0.2) is 0 Å². The molecule has 0 fully saturated rings. The van der Waals surface area contributed by atoms with Gasteiger partial charge in [0.05, 0.1) is 5.76 Å². The monoisotopic (exact) mass is 265 g/mol. The molecule has 3 N–H and O–H groups in total. The number of rotatable bonds is 6. The summed E-state index contributed by atoms with van der Waals surface area (Å²) in [6.45, 7) is 17.4. The first-order valence-corrected chi connectivity index (χ1v) is 6.91. The normalized spacial score (nSPS) is 11.9. The molecule has 0 saturated carbocycles. The van der Waals surface area contributed by atoms with Crippen molar-refractivity contribution >= 4 is 0 Å². The van der Waals surface area contributed by atoms with Gasteiger partial charge >= 0.3 is 0 Å². The Balaban J connectivity index is 0. The van der Waals surface area contributed by atoms with Crippen LogP contribution in [-0.2, 0) is 0 Å². The molecule has 0 aromatic heterocycles. The molecule has 0 amide bonds. The maximum Gasteiger partial charge on any atom is 0.0853 e. The minimum atomic E-state index is 0.323. The Labute approximate surface area is 119 Å². The second-order valence-electron chi connectivity index (χ2n) is 4.85. The minimum Gasteiger partial charge on any atom is -0.513 e. The fourth-order valence-corrected chi connectivity index (χ4v) is 1.37. The molecular formula is C17H31NO. The van der Waals surface area contributed by atoms with E-state index in [9.17, 15) is 0 Å². The Morgan fingerprint density at radius 3 is 1.89 bits per heavy atom. The van der Waals surface area contributed by atoms with Crippen molar-refractivity contribution in [3.63, 3.8) is 0 Å². The van der Waals surface area contributed by atoms with Crippen molar-refractivity contribution in [2.24, 2.45) is 11.7 Å². The second-order valence-corrected chi connectivity index (χ2v) is 4.85. The molecular weight excluding hydrogens is 234 g/mol. The standard InChI is InChI=1S/C9H15N.C8H16O/c1-5-9(10)6-8(4)7(2)3;1-4-8(5-2)6-7(3)9/h5-6H,2,10H2,1,3-4H3;8-9H,3-6H2,1-2H3/b8-6-,9-5+;. The van der Waals surface area contributed by atoms with E-state index in [1.54, 1.807) is 0 Å². The lowest BCUT2D eigenvalue weighted by Crippen LogP contribution is -1.97. The van der Waals surface area contributed by atoms with Crippen molar-refractivity contribution in [3.05, 3.63) is 47.9 Å². The summed E-state index contributed by atoms with van der Waals surface area (Å²) in [7, 11) is 0. The molecule has 0 atom stereocenters. The predicted octanol–water partition coefficient (Wildman–Crippen LogP) is 5.26. The largest absolute Gasteiger partial charge is 0.513 e. The van der Waals surface area contributed by atoms with Crippen molar-refractivity contribution in [1.29, 1.82) is 0 Å². The van der Waals surface area contributed by atoms with E-state index in [0.29, 0.717) is 11.7 Å². The maximum atomic E-state index is 8.79. The number of aliphatic hydroxyl groups excluding tert-OH is 1. The van der Waals surface area contributed by atoms with E-state index in [1.165, 1.54) is 0 Å². The van der Waals surface area contributed by atoms with E-state index >= 15 is 0 Å². The van der Waals surface area contributed by atoms with Gasteiger partial charge in [-0.3, -0.25) is 0 Å². The summed E-state index contributed by atoms with van der Waals surface area (Å²) in [5, 5.41) is 8.79. The summed E-state index contributed by atoms with van der Waals surface area (Å²) >= 11 is 0. The summed E-state index contributed by atoms with van der Waals surface area (Å²) in [5.74, 6) is 0.950. The summed E-state index contributed by atoms with van der Waals surface area (Å²) in [6, 6.07) is 0. The SMILES string of the molecule is C=C(C)/C(C)=C\C(N)=C/C.C=C(O)CC(CC)CC. The Morgan fingerprint density at radius 2 is 1.68 bits per heavy atom. The number of allylic oxidation sites excluding steroid dienone is 5. The highest BCUT2D eigenvalue weighted by Gasteiger charge is 2.03. The van der Waals surface area contributed by atoms with Gasteiger partial charge in [0.1, 0.15) is 0 Å². The third kappa shape index (κ3) is 12.8. The number of hydrogen-bond donors (Lipinski definition) is 2. The van der Waals surface area contributed by atoms with Gasteiger partial charge in [-0.05, 0) is 38.3 Å². The van der Waals surface area contributed by atoms with Gasteiger partial charge in [-0.15, -0.1) is 0 Å². The lowest BCUT2D eigenvalue weighted by molar-refractivity contribution is 0.343. The summed E-state index contributed by atoms with van der Waals surface area (Å²) < 4.78 is 0. The van der Waals surface area contributed by atoms with Gasteiger partial charge in [-0.1, -0.05) is 51.5 Å². The molecule has 2 nitrogen and oxygen atoms in total. The zero-order chi connectivity index (χ0) is 15.4. The third-order valence-corrected chi connectivity index (χ3v) is 3.07. The predicted molar refractivity (Wildman–Crippen MR) is 87.0 cm³/mol. The molecule has 0 aliphatic rings. The summed E-state index contributed by atoms with van der Waals surface area (Å²) in [4.78, 5) is 0. The molecule has 0 bridgehead atoms. The molecule has 0 unspecified atom stereocenters. The summed E-state index contributed by atoms with van der Waals surface area (Å²) in [6.07, 6.45) is 6.83. The highest BCUT2D eigenvalue weighted by atomic mass is 16.3. The van der Waals surface area contributed by atoms with E-state index in [1.807, 2.05) is 32.9 Å². The molecule has 0 heterocycles. The van der Waals surface area contributed by atoms with Crippen LogP contribution in [0, 0.1) is 5.92 Å². The number of hydrogen-bond acceptors (Lipinski definition) is 2. The van der Waals surface area contributed by atoms with Crippen molar-refractivity contribution in [2.75, 3.05) is 0 Å². The van der Waals surface area contributed by atoms with Crippen LogP contribution < -0.4 is 5.73 Å². The van der Waals surface area contributed by atoms with Crippen LogP contribution in [0.25, 0.3) is 0 Å². The molecule has 0 aromatic rings. The molecule has 0 radical (unpaired) electrons. The van der Waals surface area contributed by atoms with Gasteiger partial charge in [0.2, 0.25) is 0 Å². The van der Waals surface area contributed by atoms with Crippen molar-refractivity contribution in [2.45, 2.75) is 53.9 Å². The Morgan fingerprint density at radius 1 is 1.21 bits per heavy atom. The first-order valence-electron chi connectivity index (χ1n) is 6.91. The Hall–Kier alpha value is -1.44. The molecule has 0 aliphatic carbocycles. The zero-order valence-electron chi connectivity index (χ0n) is 13.3. The van der Waals surface area contributed by atoms with Gasteiger partial charge in [-0.2, -0.15) is 0 Å². The van der Waals surface area contributed by atoms with E-state index in [-0.39, 0.29) is 0 Å². The van der Waals surface area contributed by atoms with Crippen LogP contribution >= 0.6 is 0 Å². The molecule has 110 valence electrons. The molecule has 0 aliphatic heterocycles. The average molecular weight is 265 g/mol. The number of aliphatic hydroxyl groups is 1. The van der Waals surface area contributed by atoms with Gasteiger partial charge < -0.3 is 10.8 Å². The first kappa shape index (κ1) is 19.9. The maximum absolute atomic E-state index is 8.79. The number of nitrogens with two attached hydrogens (primary N) is 1. The fourth-order valence-electron chi connectivity index (χ4n) is 1.37. The quantitative estimate of drug-likeness (QED) is 0.508. The zero-order valence-corrected chi connectivity index (χ0v) is 13.3. The molecule has 2 heteroatoms. The van der Waals surface area contributed by atoms with E-state index in [0.717, 1.165) is 36.1 Å². The first-order chi connectivity index (χ1) is 8.78. The Kier molecular flexibility index (Phi) is 12.2. The van der Waals surface area contributed by atoms with Crippen LogP contribution in [-0.4, -0.2) is 5.11 Å². The molecule has 19 heavy (non-hydrogen) atoms. The van der Waals surface area contributed by atoms with Crippen LogP contribution in [0.5, 0.6) is 0 Å². The molecule has 0 rings (SSSR count). The highest BCUT2D eigenvalue weighted by Crippen LogP contribution is 2.15. The van der Waals surface area contributed by atoms with E-state index in [2.05, 4.69) is 27.0 Å². The van der Waals surface area contributed by atoms with E-state index < -0.39 is 0 Å². The topological polar surface area (TPSA) is 46.2 Å². The van der Waals surface area contributed by atoms with Crippen molar-refractivity contribution in [3.8, 4) is 0 Å².